The maximum atomic E-state index is 13.4. The molecule has 37 heavy (non-hydrogen) atoms. The van der Waals surface area contributed by atoms with E-state index in [9.17, 15) is 27.6 Å². The predicted molar refractivity (Wildman–Crippen MR) is 133 cm³/mol. The molecule has 0 bridgehead atoms. The molecule has 1 fully saturated rings. The fourth-order valence-corrected chi connectivity index (χ4v) is 4.58. The smallest absolute Gasteiger partial charge is 0.290 e. The molecular formula is C25H24N4O7S. The summed E-state index contributed by atoms with van der Waals surface area (Å²) in [5, 5.41) is 7.76. The van der Waals surface area contributed by atoms with Gasteiger partial charge >= 0.3 is 0 Å². The normalized spacial score (nSPS) is 15.6. The Balaban J connectivity index is 1.57. The van der Waals surface area contributed by atoms with Crippen molar-refractivity contribution >= 4 is 45.0 Å². The molecule has 192 valence electrons. The highest BCUT2D eigenvalue weighted by molar-refractivity contribution is 7.89. The van der Waals surface area contributed by atoms with Crippen molar-refractivity contribution in [1.29, 1.82) is 0 Å². The van der Waals surface area contributed by atoms with E-state index in [0.717, 1.165) is 4.90 Å². The average Bonchev–Trinajstić information content (AvgIpc) is 3.48. The van der Waals surface area contributed by atoms with Gasteiger partial charge in [0.2, 0.25) is 21.8 Å². The molecule has 0 saturated carbocycles. The molecule has 4 rings (SSSR count). The highest BCUT2D eigenvalue weighted by Crippen LogP contribution is 2.28. The predicted octanol–water partition coefficient (Wildman–Crippen LogP) is 1.90. The molecule has 2 aromatic carbocycles. The number of nitrogens with zero attached hydrogens (tertiary/aromatic N) is 2. The number of anilines is 2. The number of amides is 4. The van der Waals surface area contributed by atoms with Crippen molar-refractivity contribution in [2.75, 3.05) is 16.8 Å². The molecule has 3 aromatic rings. The van der Waals surface area contributed by atoms with E-state index in [4.69, 9.17) is 9.56 Å². The van der Waals surface area contributed by atoms with E-state index in [0.29, 0.717) is 16.9 Å². The molecule has 1 aliphatic rings. The fraction of sp³-hybridized carbons (Fsp3) is 0.200. The average molecular weight is 525 g/mol. The SMILES string of the molecule is CC(=O)Nc1ccc(N2C(=O)CC(N(CCc3ccc(S(N)(=O)=O)cc3)C(=O)c3ccco3)C2=O)cc1. The van der Waals surface area contributed by atoms with Gasteiger partial charge in [-0.15, -0.1) is 0 Å². The lowest BCUT2D eigenvalue weighted by Gasteiger charge is -2.27. The molecule has 2 heterocycles. The highest BCUT2D eigenvalue weighted by Gasteiger charge is 2.44. The van der Waals surface area contributed by atoms with Gasteiger partial charge in [0.25, 0.3) is 11.8 Å². The molecule has 1 aromatic heterocycles. The Morgan fingerprint density at radius 2 is 1.76 bits per heavy atom. The molecule has 0 spiro atoms. The van der Waals surface area contributed by atoms with Crippen LogP contribution in [0.2, 0.25) is 0 Å². The minimum absolute atomic E-state index is 0.0166. The van der Waals surface area contributed by atoms with Gasteiger partial charge in [-0.3, -0.25) is 19.2 Å². The van der Waals surface area contributed by atoms with Gasteiger partial charge < -0.3 is 14.6 Å². The number of rotatable bonds is 8. The van der Waals surface area contributed by atoms with Crippen LogP contribution in [0.4, 0.5) is 11.4 Å². The molecular weight excluding hydrogens is 500 g/mol. The Morgan fingerprint density at radius 1 is 1.08 bits per heavy atom. The number of hydrogen-bond acceptors (Lipinski definition) is 7. The number of imide groups is 1. The van der Waals surface area contributed by atoms with Gasteiger partial charge in [-0.05, 0) is 60.5 Å². The standard InChI is InChI=1S/C25H24N4O7S/c1-16(30)27-18-6-8-19(9-7-18)29-23(31)15-21(24(29)32)28(25(33)22-3-2-14-36-22)13-12-17-4-10-20(11-5-17)37(26,34)35/h2-11,14,21H,12-13,15H2,1H3,(H,27,30)(H2,26,34,35). The molecule has 4 amide bonds. The fourth-order valence-electron chi connectivity index (χ4n) is 4.06. The van der Waals surface area contributed by atoms with Crippen LogP contribution in [0.25, 0.3) is 0 Å². The molecule has 3 N–H and O–H groups in total. The summed E-state index contributed by atoms with van der Waals surface area (Å²) < 4.78 is 28.3. The third-order valence-electron chi connectivity index (χ3n) is 5.83. The molecule has 1 unspecified atom stereocenters. The minimum Gasteiger partial charge on any atom is -0.459 e. The lowest BCUT2D eigenvalue weighted by atomic mass is 10.1. The zero-order valence-corrected chi connectivity index (χ0v) is 20.6. The Bertz CT molecular complexity index is 1430. The number of carbonyl (C=O) groups is 4. The second-order valence-electron chi connectivity index (χ2n) is 8.43. The molecule has 11 nitrogen and oxygen atoms in total. The minimum atomic E-state index is -3.85. The van der Waals surface area contributed by atoms with Crippen LogP contribution in [0.5, 0.6) is 0 Å². The maximum Gasteiger partial charge on any atom is 0.290 e. The third kappa shape index (κ3) is 5.76. The highest BCUT2D eigenvalue weighted by atomic mass is 32.2. The first kappa shape index (κ1) is 25.8. The van der Waals surface area contributed by atoms with Crippen LogP contribution in [0.3, 0.4) is 0 Å². The molecule has 12 heteroatoms. The first-order chi connectivity index (χ1) is 17.5. The van der Waals surface area contributed by atoms with Crippen LogP contribution in [-0.2, 0) is 30.8 Å². The number of furan rings is 1. The van der Waals surface area contributed by atoms with Crippen LogP contribution < -0.4 is 15.4 Å². The van der Waals surface area contributed by atoms with E-state index in [1.807, 2.05) is 0 Å². The Labute approximate surface area is 212 Å². The monoisotopic (exact) mass is 524 g/mol. The summed E-state index contributed by atoms with van der Waals surface area (Å²) >= 11 is 0. The van der Waals surface area contributed by atoms with E-state index < -0.39 is 33.8 Å². The maximum absolute atomic E-state index is 13.4. The summed E-state index contributed by atoms with van der Waals surface area (Å²) in [5.41, 5.74) is 1.53. The topological polar surface area (TPSA) is 160 Å². The first-order valence-corrected chi connectivity index (χ1v) is 12.8. The number of sulfonamides is 1. The van der Waals surface area contributed by atoms with Gasteiger partial charge in [-0.25, -0.2) is 18.5 Å². The van der Waals surface area contributed by atoms with Crippen molar-refractivity contribution < 1.29 is 32.0 Å². The summed E-state index contributed by atoms with van der Waals surface area (Å²) in [6.45, 7) is 1.43. The van der Waals surface area contributed by atoms with Crippen molar-refractivity contribution in [2.24, 2.45) is 5.14 Å². The lowest BCUT2D eigenvalue weighted by molar-refractivity contribution is -0.122. The molecule has 1 aliphatic heterocycles. The van der Waals surface area contributed by atoms with E-state index in [-0.39, 0.29) is 35.9 Å². The summed E-state index contributed by atoms with van der Waals surface area (Å²) in [7, 11) is -3.85. The number of nitrogens with two attached hydrogens (primary N) is 1. The van der Waals surface area contributed by atoms with Gasteiger partial charge in [-0.1, -0.05) is 12.1 Å². The van der Waals surface area contributed by atoms with E-state index >= 15 is 0 Å². The zero-order chi connectivity index (χ0) is 26.7. The van der Waals surface area contributed by atoms with Crippen LogP contribution in [0.1, 0.15) is 29.5 Å². The summed E-state index contributed by atoms with van der Waals surface area (Å²) in [4.78, 5) is 53.1. The first-order valence-electron chi connectivity index (χ1n) is 11.3. The summed E-state index contributed by atoms with van der Waals surface area (Å²) in [5.74, 6) is -1.84. The van der Waals surface area contributed by atoms with E-state index in [1.165, 1.54) is 48.4 Å². The van der Waals surface area contributed by atoms with Crippen LogP contribution in [0.15, 0.2) is 76.2 Å². The Morgan fingerprint density at radius 3 is 2.32 bits per heavy atom. The third-order valence-corrected chi connectivity index (χ3v) is 6.76. The largest absolute Gasteiger partial charge is 0.459 e. The quantitative estimate of drug-likeness (QED) is 0.426. The molecule has 0 aliphatic carbocycles. The number of primary sulfonamides is 1. The van der Waals surface area contributed by atoms with Gasteiger partial charge in [0, 0.05) is 19.2 Å². The Hall–Kier alpha value is -4.29. The summed E-state index contributed by atoms with van der Waals surface area (Å²) in [6.07, 6.45) is 1.39. The van der Waals surface area contributed by atoms with Crippen molar-refractivity contribution in [2.45, 2.75) is 30.7 Å². The van der Waals surface area contributed by atoms with E-state index in [1.54, 1.807) is 30.3 Å². The molecule has 1 atom stereocenters. The van der Waals surface area contributed by atoms with Crippen molar-refractivity contribution in [3.8, 4) is 0 Å². The van der Waals surface area contributed by atoms with Crippen molar-refractivity contribution in [3.05, 3.63) is 78.3 Å². The van der Waals surface area contributed by atoms with Gasteiger partial charge in [0.15, 0.2) is 5.76 Å². The Kier molecular flexibility index (Phi) is 7.23. The summed E-state index contributed by atoms with van der Waals surface area (Å²) in [6, 6.07) is 14.0. The second kappa shape index (κ2) is 10.4. The number of nitrogens with one attached hydrogen (secondary N) is 1. The zero-order valence-electron chi connectivity index (χ0n) is 19.8. The number of benzene rings is 2. The van der Waals surface area contributed by atoms with Crippen LogP contribution >= 0.6 is 0 Å². The van der Waals surface area contributed by atoms with Crippen molar-refractivity contribution in [3.63, 3.8) is 0 Å². The van der Waals surface area contributed by atoms with Crippen molar-refractivity contribution in [1.82, 2.24) is 4.90 Å². The van der Waals surface area contributed by atoms with E-state index in [2.05, 4.69) is 5.32 Å². The molecule has 1 saturated heterocycles. The lowest BCUT2D eigenvalue weighted by Crippen LogP contribution is -2.46. The van der Waals surface area contributed by atoms with Gasteiger partial charge in [-0.2, -0.15) is 0 Å². The number of hydrogen-bond donors (Lipinski definition) is 2. The molecule has 0 radical (unpaired) electrons. The van der Waals surface area contributed by atoms with Crippen LogP contribution in [-0.4, -0.2) is 49.5 Å². The second-order valence-corrected chi connectivity index (χ2v) is 9.99. The number of carbonyl (C=O) groups excluding carboxylic acids is 4. The van der Waals surface area contributed by atoms with Crippen LogP contribution in [0, 0.1) is 0 Å². The van der Waals surface area contributed by atoms with Gasteiger partial charge in [0.05, 0.1) is 23.3 Å². The van der Waals surface area contributed by atoms with Gasteiger partial charge in [0.1, 0.15) is 6.04 Å².